The number of hydrogen-bond acceptors (Lipinski definition) is 9. The Kier molecular flexibility index (Phi) is 6.71. The summed E-state index contributed by atoms with van der Waals surface area (Å²) in [5, 5.41) is 13.2. The Labute approximate surface area is 170 Å². The summed E-state index contributed by atoms with van der Waals surface area (Å²) in [6.07, 6.45) is -5.09. The molecule has 1 amide bonds. The minimum Gasteiger partial charge on any atom is -0.407 e. The average molecular weight is 460 g/mol. The molecular formula is C13H11F3N10O4S. The van der Waals surface area contributed by atoms with Gasteiger partial charge in [0.2, 0.25) is 5.89 Å². The van der Waals surface area contributed by atoms with Crippen molar-refractivity contribution in [1.29, 1.82) is 0 Å². The van der Waals surface area contributed by atoms with Crippen molar-refractivity contribution in [3.63, 3.8) is 0 Å². The molecule has 0 fully saturated rings. The number of azide groups is 2. The molecule has 2 aromatic rings. The fourth-order valence-electron chi connectivity index (χ4n) is 2.43. The number of aromatic nitrogens is 2. The molecule has 2 rings (SSSR count). The Balaban J connectivity index is 2.58. The number of alkyl halides is 3. The van der Waals surface area contributed by atoms with Crippen LogP contribution in [0.1, 0.15) is 27.4 Å². The van der Waals surface area contributed by atoms with Crippen molar-refractivity contribution >= 4 is 21.8 Å². The number of anilines is 1. The maximum Gasteiger partial charge on any atom is 0.417 e. The third-order valence-electron chi connectivity index (χ3n) is 3.69. The summed E-state index contributed by atoms with van der Waals surface area (Å²) in [5.74, 6) is 2.90. The average Bonchev–Trinajstić information content (AvgIpc) is 3.17. The molecule has 31 heavy (non-hydrogen) atoms. The number of rotatable bonds is 7. The largest absolute Gasteiger partial charge is 0.417 e. The quantitative estimate of drug-likeness (QED) is 0.162. The summed E-state index contributed by atoms with van der Waals surface area (Å²) in [7, 11) is -4.77. The zero-order valence-electron chi connectivity index (χ0n) is 15.3. The number of hydrazine groups is 1. The molecule has 14 nitrogen and oxygen atoms in total. The molecule has 0 saturated carbocycles. The summed E-state index contributed by atoms with van der Waals surface area (Å²) < 4.78 is 69.9. The Bertz CT molecular complexity index is 1210. The predicted octanol–water partition coefficient (Wildman–Crippen LogP) is 2.77. The van der Waals surface area contributed by atoms with Crippen LogP contribution in [0.5, 0.6) is 0 Å². The van der Waals surface area contributed by atoms with E-state index in [1.807, 2.05) is 0 Å². The van der Waals surface area contributed by atoms with E-state index in [1.165, 1.54) is 0 Å². The topological polar surface area (TPSA) is 217 Å². The fourth-order valence-corrected chi connectivity index (χ4v) is 3.86. The van der Waals surface area contributed by atoms with Crippen molar-refractivity contribution in [3.05, 3.63) is 55.6 Å². The lowest BCUT2D eigenvalue weighted by Gasteiger charge is -2.19. The Morgan fingerprint density at radius 3 is 2.48 bits per heavy atom. The molecule has 0 atom stereocenters. The van der Waals surface area contributed by atoms with Crippen LogP contribution in [0.25, 0.3) is 20.9 Å². The van der Waals surface area contributed by atoms with Gasteiger partial charge in [0, 0.05) is 15.4 Å². The maximum absolute atomic E-state index is 13.4. The van der Waals surface area contributed by atoms with Crippen LogP contribution >= 0.6 is 0 Å². The molecule has 0 aliphatic carbocycles. The van der Waals surface area contributed by atoms with E-state index in [2.05, 4.69) is 30.2 Å². The standard InChI is InChI=1S/C13H11F3N10O4S/c1-6-7(11(27)26(19)12-23-22-9(30-12)4-20-24-17)2-3-8(13(14,15)16)10(6)31(28,29)5-21-25-18/h2-3H,4-5,19H2,1H3. The number of sulfone groups is 1. The lowest BCUT2D eigenvalue weighted by atomic mass is 10.0. The van der Waals surface area contributed by atoms with Crippen LogP contribution in [0, 0.1) is 6.92 Å². The third-order valence-corrected chi connectivity index (χ3v) is 5.30. The first-order valence-electron chi connectivity index (χ1n) is 7.80. The van der Waals surface area contributed by atoms with Crippen molar-refractivity contribution in [2.24, 2.45) is 16.1 Å². The van der Waals surface area contributed by atoms with E-state index in [-0.39, 0.29) is 17.4 Å². The van der Waals surface area contributed by atoms with E-state index in [0.29, 0.717) is 6.07 Å². The molecule has 18 heteroatoms. The lowest BCUT2D eigenvalue weighted by molar-refractivity contribution is -0.140. The molecule has 0 spiro atoms. The Morgan fingerprint density at radius 1 is 1.26 bits per heavy atom. The van der Waals surface area contributed by atoms with Crippen LogP contribution in [-0.4, -0.2) is 30.4 Å². The highest BCUT2D eigenvalue weighted by Crippen LogP contribution is 2.37. The monoisotopic (exact) mass is 460 g/mol. The molecule has 0 saturated heterocycles. The van der Waals surface area contributed by atoms with Crippen LogP contribution in [0.2, 0.25) is 0 Å². The van der Waals surface area contributed by atoms with Gasteiger partial charge in [-0.25, -0.2) is 14.3 Å². The van der Waals surface area contributed by atoms with Gasteiger partial charge in [-0.1, -0.05) is 15.3 Å². The molecule has 0 unspecified atom stereocenters. The highest BCUT2D eigenvalue weighted by Gasteiger charge is 2.39. The highest BCUT2D eigenvalue weighted by molar-refractivity contribution is 7.91. The summed E-state index contributed by atoms with van der Waals surface area (Å²) in [6.45, 7) is 0.604. The molecule has 0 radical (unpaired) electrons. The van der Waals surface area contributed by atoms with Gasteiger partial charge in [-0.15, -0.1) is 5.10 Å². The van der Waals surface area contributed by atoms with Gasteiger partial charge in [-0.3, -0.25) is 4.79 Å². The minimum absolute atomic E-state index is 0.210. The second kappa shape index (κ2) is 8.88. The SMILES string of the molecule is Cc1c(C(=O)N(N)c2nnc(CN=[N+]=[N-])o2)ccc(C(F)(F)F)c1S(=O)(=O)CN=[N+]=[N-]. The van der Waals surface area contributed by atoms with Gasteiger partial charge in [0.05, 0.1) is 10.5 Å². The van der Waals surface area contributed by atoms with Crippen LogP contribution in [-0.2, 0) is 22.6 Å². The first-order chi connectivity index (χ1) is 14.4. The Hall–Kier alpha value is -3.85. The number of amides is 1. The van der Waals surface area contributed by atoms with E-state index in [4.69, 9.17) is 21.3 Å². The number of carbonyl (C=O) groups excluding carboxylic acids is 1. The van der Waals surface area contributed by atoms with Crippen LogP contribution in [0.15, 0.2) is 31.7 Å². The summed E-state index contributed by atoms with van der Waals surface area (Å²) >= 11 is 0. The van der Waals surface area contributed by atoms with Crippen LogP contribution in [0.3, 0.4) is 0 Å². The number of halogens is 3. The summed E-state index contributed by atoms with van der Waals surface area (Å²) in [6, 6.07) is 0.521. The van der Waals surface area contributed by atoms with Crippen molar-refractivity contribution in [2.45, 2.75) is 24.5 Å². The van der Waals surface area contributed by atoms with E-state index in [0.717, 1.165) is 13.0 Å². The molecule has 1 aromatic heterocycles. The second-order valence-corrected chi connectivity index (χ2v) is 7.53. The molecule has 0 bridgehead atoms. The predicted molar refractivity (Wildman–Crippen MR) is 95.5 cm³/mol. The zero-order valence-corrected chi connectivity index (χ0v) is 16.2. The van der Waals surface area contributed by atoms with Gasteiger partial charge >= 0.3 is 12.2 Å². The third kappa shape index (κ3) is 5.01. The minimum atomic E-state index is -5.09. The smallest absolute Gasteiger partial charge is 0.407 e. The molecular weight excluding hydrogens is 449 g/mol. The molecule has 0 aliphatic heterocycles. The summed E-state index contributed by atoms with van der Waals surface area (Å²) in [4.78, 5) is 16.1. The van der Waals surface area contributed by atoms with Gasteiger partial charge in [-0.05, 0) is 35.7 Å². The van der Waals surface area contributed by atoms with Crippen molar-refractivity contribution in [1.82, 2.24) is 10.2 Å². The zero-order chi connectivity index (χ0) is 23.4. The molecule has 2 N–H and O–H groups in total. The Morgan fingerprint density at radius 2 is 1.90 bits per heavy atom. The fraction of sp³-hybridized carbons (Fsp3) is 0.308. The number of benzene rings is 1. The van der Waals surface area contributed by atoms with E-state index in [1.54, 1.807) is 0 Å². The lowest BCUT2D eigenvalue weighted by Crippen LogP contribution is -2.38. The summed E-state index contributed by atoms with van der Waals surface area (Å²) in [5.41, 5.74) is 13.9. The molecule has 1 heterocycles. The van der Waals surface area contributed by atoms with Crippen molar-refractivity contribution < 1.29 is 30.8 Å². The first kappa shape index (κ1) is 23.4. The maximum atomic E-state index is 13.4. The van der Waals surface area contributed by atoms with Gasteiger partial charge in [0.1, 0.15) is 12.4 Å². The first-order valence-corrected chi connectivity index (χ1v) is 9.46. The molecule has 0 aliphatic rings. The molecule has 164 valence electrons. The van der Waals surface area contributed by atoms with Gasteiger partial charge < -0.3 is 4.42 Å². The molecule has 1 aromatic carbocycles. The van der Waals surface area contributed by atoms with Gasteiger partial charge in [0.25, 0.3) is 5.91 Å². The van der Waals surface area contributed by atoms with Gasteiger partial charge in [0.15, 0.2) is 9.84 Å². The van der Waals surface area contributed by atoms with Crippen LogP contribution < -0.4 is 10.9 Å². The van der Waals surface area contributed by atoms with Crippen molar-refractivity contribution in [3.8, 4) is 0 Å². The number of hydrogen-bond donors (Lipinski definition) is 1. The number of carbonyl (C=O) groups is 1. The normalized spacial score (nSPS) is 11.4. The second-order valence-electron chi connectivity index (χ2n) is 5.63. The van der Waals surface area contributed by atoms with E-state index >= 15 is 0 Å². The highest BCUT2D eigenvalue weighted by atomic mass is 32.2. The van der Waals surface area contributed by atoms with E-state index < -0.39 is 55.4 Å². The van der Waals surface area contributed by atoms with Crippen LogP contribution in [0.4, 0.5) is 19.2 Å². The van der Waals surface area contributed by atoms with E-state index in [9.17, 15) is 26.4 Å². The van der Waals surface area contributed by atoms with Gasteiger partial charge in [-0.2, -0.15) is 18.2 Å². The number of nitrogens with zero attached hydrogens (tertiary/aromatic N) is 9. The van der Waals surface area contributed by atoms with Crippen molar-refractivity contribution in [2.75, 3.05) is 10.9 Å². The number of nitrogens with two attached hydrogens (primary N) is 1.